The van der Waals surface area contributed by atoms with Crippen molar-refractivity contribution >= 4 is 0 Å². The number of pyridine rings is 1. The predicted octanol–water partition coefficient (Wildman–Crippen LogP) is 1.67. The number of nitrogens with one attached hydrogen (secondary N) is 1. The molecule has 1 heterocycles. The molecule has 1 aromatic heterocycles. The molecule has 4 heteroatoms. The van der Waals surface area contributed by atoms with Crippen molar-refractivity contribution in [2.75, 3.05) is 6.54 Å². The van der Waals surface area contributed by atoms with Crippen molar-refractivity contribution in [1.82, 2.24) is 10.3 Å². The third-order valence-corrected chi connectivity index (χ3v) is 2.47. The lowest BCUT2D eigenvalue weighted by atomic mass is 9.94. The molecule has 4 nitrogen and oxygen atoms in total. The Morgan fingerprint density at radius 3 is 2.65 bits per heavy atom. The number of aromatic nitrogens is 1. The molecule has 0 aliphatic heterocycles. The quantitative estimate of drug-likeness (QED) is 0.705. The lowest BCUT2D eigenvalue weighted by Gasteiger charge is -2.25. The monoisotopic (exact) mass is 238 g/mol. The summed E-state index contributed by atoms with van der Waals surface area (Å²) in [6.45, 7) is 7.15. The molecule has 0 amide bonds. The summed E-state index contributed by atoms with van der Waals surface area (Å²) in [6, 6.07) is 3.37. The van der Waals surface area contributed by atoms with Crippen molar-refractivity contribution in [2.24, 2.45) is 5.92 Å². The fraction of sp³-hybridized carbons (Fsp3) is 0.615. The molecule has 0 fully saturated rings. The van der Waals surface area contributed by atoms with Crippen molar-refractivity contribution in [2.45, 2.75) is 39.3 Å². The van der Waals surface area contributed by atoms with Gasteiger partial charge in [-0.3, -0.25) is 4.98 Å². The van der Waals surface area contributed by atoms with Crippen LogP contribution >= 0.6 is 0 Å². The Labute approximate surface area is 103 Å². The zero-order chi connectivity index (χ0) is 12.9. The van der Waals surface area contributed by atoms with Crippen LogP contribution in [-0.4, -0.2) is 27.3 Å². The van der Waals surface area contributed by atoms with E-state index >= 15 is 0 Å². The van der Waals surface area contributed by atoms with E-state index < -0.39 is 5.60 Å². The number of aliphatic hydroxyl groups is 1. The lowest BCUT2D eigenvalue weighted by Crippen LogP contribution is -2.38. The highest BCUT2D eigenvalue weighted by molar-refractivity contribution is 5.17. The first-order chi connectivity index (χ1) is 7.89. The van der Waals surface area contributed by atoms with E-state index in [0.717, 1.165) is 12.1 Å². The van der Waals surface area contributed by atoms with Crippen LogP contribution < -0.4 is 5.32 Å². The van der Waals surface area contributed by atoms with Gasteiger partial charge in [0, 0.05) is 13.1 Å². The Morgan fingerprint density at radius 2 is 2.12 bits per heavy atom. The molecule has 0 aliphatic carbocycles. The second-order valence-electron chi connectivity index (χ2n) is 5.21. The average molecular weight is 238 g/mol. The minimum absolute atomic E-state index is 0.167. The largest absolute Gasteiger partial charge is 0.506 e. The molecule has 96 valence electrons. The number of hydrogen-bond acceptors (Lipinski definition) is 4. The molecule has 3 N–H and O–H groups in total. The molecular formula is C13H22N2O2. The summed E-state index contributed by atoms with van der Waals surface area (Å²) >= 11 is 0. The SMILES string of the molecule is CC(C)CC(C)(O)CNCc1ccc(O)cn1. The zero-order valence-corrected chi connectivity index (χ0v) is 10.8. The maximum absolute atomic E-state index is 10.1. The van der Waals surface area contributed by atoms with E-state index in [1.54, 1.807) is 12.1 Å². The van der Waals surface area contributed by atoms with Crippen LogP contribution in [-0.2, 0) is 6.54 Å². The van der Waals surface area contributed by atoms with Gasteiger partial charge in [0.25, 0.3) is 0 Å². The third kappa shape index (κ3) is 5.65. The minimum Gasteiger partial charge on any atom is -0.506 e. The van der Waals surface area contributed by atoms with Gasteiger partial charge in [-0.05, 0) is 31.4 Å². The topological polar surface area (TPSA) is 65.4 Å². The predicted molar refractivity (Wildman–Crippen MR) is 67.7 cm³/mol. The van der Waals surface area contributed by atoms with Gasteiger partial charge < -0.3 is 15.5 Å². The van der Waals surface area contributed by atoms with Gasteiger partial charge in [0.1, 0.15) is 5.75 Å². The van der Waals surface area contributed by atoms with Gasteiger partial charge in [-0.25, -0.2) is 0 Å². The van der Waals surface area contributed by atoms with E-state index in [-0.39, 0.29) is 5.75 Å². The van der Waals surface area contributed by atoms with Gasteiger partial charge in [0.05, 0.1) is 17.5 Å². The van der Waals surface area contributed by atoms with E-state index in [4.69, 9.17) is 5.11 Å². The van der Waals surface area contributed by atoms with Crippen LogP contribution in [0.15, 0.2) is 18.3 Å². The molecule has 0 aliphatic rings. The van der Waals surface area contributed by atoms with E-state index in [9.17, 15) is 5.11 Å². The van der Waals surface area contributed by atoms with Crippen molar-refractivity contribution in [1.29, 1.82) is 0 Å². The fourth-order valence-electron chi connectivity index (χ4n) is 1.93. The van der Waals surface area contributed by atoms with Crippen LogP contribution in [0.1, 0.15) is 32.9 Å². The van der Waals surface area contributed by atoms with E-state index in [2.05, 4.69) is 24.1 Å². The highest BCUT2D eigenvalue weighted by Crippen LogP contribution is 2.15. The maximum atomic E-state index is 10.1. The molecule has 0 bridgehead atoms. The smallest absolute Gasteiger partial charge is 0.133 e. The molecule has 0 spiro atoms. The van der Waals surface area contributed by atoms with E-state index in [1.807, 2.05) is 6.92 Å². The lowest BCUT2D eigenvalue weighted by molar-refractivity contribution is 0.0382. The molecular weight excluding hydrogens is 216 g/mol. The highest BCUT2D eigenvalue weighted by Gasteiger charge is 2.20. The number of nitrogens with zero attached hydrogens (tertiary/aromatic N) is 1. The first kappa shape index (κ1) is 13.9. The van der Waals surface area contributed by atoms with Crippen molar-refractivity contribution < 1.29 is 10.2 Å². The van der Waals surface area contributed by atoms with Crippen LogP contribution in [0.4, 0.5) is 0 Å². The summed E-state index contributed by atoms with van der Waals surface area (Å²) in [5.41, 5.74) is 0.161. The van der Waals surface area contributed by atoms with Crippen LogP contribution in [0.3, 0.4) is 0 Å². The van der Waals surface area contributed by atoms with Crippen molar-refractivity contribution in [3.8, 4) is 5.75 Å². The average Bonchev–Trinajstić information content (AvgIpc) is 2.18. The van der Waals surface area contributed by atoms with Gasteiger partial charge in [0.15, 0.2) is 0 Å². The van der Waals surface area contributed by atoms with Crippen LogP contribution in [0.5, 0.6) is 5.75 Å². The molecule has 1 aromatic rings. The summed E-state index contributed by atoms with van der Waals surface area (Å²) in [5, 5.41) is 22.3. The number of hydrogen-bond donors (Lipinski definition) is 3. The summed E-state index contributed by atoms with van der Waals surface area (Å²) < 4.78 is 0. The molecule has 1 atom stereocenters. The molecule has 1 unspecified atom stereocenters. The molecule has 1 rings (SSSR count). The molecule has 0 radical (unpaired) electrons. The van der Waals surface area contributed by atoms with Crippen molar-refractivity contribution in [3.05, 3.63) is 24.0 Å². The van der Waals surface area contributed by atoms with E-state index in [0.29, 0.717) is 19.0 Å². The molecule has 0 saturated heterocycles. The Kier molecular flexibility index (Phi) is 4.90. The van der Waals surface area contributed by atoms with Crippen LogP contribution in [0.25, 0.3) is 0 Å². The van der Waals surface area contributed by atoms with Gasteiger partial charge in [-0.15, -0.1) is 0 Å². The summed E-state index contributed by atoms with van der Waals surface area (Å²) in [7, 11) is 0. The fourth-order valence-corrected chi connectivity index (χ4v) is 1.93. The molecule has 0 saturated carbocycles. The van der Waals surface area contributed by atoms with Crippen LogP contribution in [0.2, 0.25) is 0 Å². The standard InChI is InChI=1S/C13H22N2O2/c1-10(2)6-13(3,17)9-14-7-11-4-5-12(16)8-15-11/h4-5,8,10,14,16-17H,6-7,9H2,1-3H3. The number of aromatic hydroxyl groups is 1. The van der Waals surface area contributed by atoms with Gasteiger partial charge >= 0.3 is 0 Å². The normalized spacial score (nSPS) is 14.9. The molecule has 0 aromatic carbocycles. The zero-order valence-electron chi connectivity index (χ0n) is 10.8. The Hall–Kier alpha value is -1.13. The third-order valence-electron chi connectivity index (χ3n) is 2.47. The second-order valence-corrected chi connectivity index (χ2v) is 5.21. The number of rotatable bonds is 6. The first-order valence-corrected chi connectivity index (χ1v) is 5.96. The first-order valence-electron chi connectivity index (χ1n) is 5.96. The van der Waals surface area contributed by atoms with Crippen molar-refractivity contribution in [3.63, 3.8) is 0 Å². The van der Waals surface area contributed by atoms with E-state index in [1.165, 1.54) is 6.20 Å². The summed E-state index contributed by atoms with van der Waals surface area (Å²) in [5.74, 6) is 0.638. The van der Waals surface area contributed by atoms with Crippen LogP contribution in [0, 0.1) is 5.92 Å². The Bertz CT molecular complexity index is 334. The maximum Gasteiger partial charge on any atom is 0.133 e. The summed E-state index contributed by atoms with van der Waals surface area (Å²) in [6.07, 6.45) is 2.19. The molecule has 17 heavy (non-hydrogen) atoms. The van der Waals surface area contributed by atoms with Gasteiger partial charge in [-0.1, -0.05) is 13.8 Å². The van der Waals surface area contributed by atoms with Gasteiger partial charge in [-0.2, -0.15) is 0 Å². The Morgan fingerprint density at radius 1 is 1.41 bits per heavy atom. The minimum atomic E-state index is -0.689. The Balaban J connectivity index is 2.34. The summed E-state index contributed by atoms with van der Waals surface area (Å²) in [4.78, 5) is 4.06. The highest BCUT2D eigenvalue weighted by atomic mass is 16.3. The van der Waals surface area contributed by atoms with Gasteiger partial charge in [0.2, 0.25) is 0 Å². The second kappa shape index (κ2) is 5.98.